The van der Waals surface area contributed by atoms with Crippen LogP contribution in [0.2, 0.25) is 0 Å². The van der Waals surface area contributed by atoms with Gasteiger partial charge in [0.05, 0.1) is 33.0 Å². The zero-order valence-electron chi connectivity index (χ0n) is 38.0. The molecule has 5 rings (SSSR count). The van der Waals surface area contributed by atoms with E-state index in [9.17, 15) is 24.0 Å². The van der Waals surface area contributed by atoms with Crippen molar-refractivity contribution in [2.45, 2.75) is 122 Å². The van der Waals surface area contributed by atoms with Gasteiger partial charge in [-0.2, -0.15) is 0 Å². The molecule has 2 heterocycles. The van der Waals surface area contributed by atoms with Gasteiger partial charge in [0.2, 0.25) is 5.91 Å². The van der Waals surface area contributed by atoms with Gasteiger partial charge in [-0.25, -0.2) is 4.57 Å². The molecule has 0 saturated carbocycles. The molecule has 366 valence electrons. The van der Waals surface area contributed by atoms with Crippen molar-refractivity contribution in [3.05, 3.63) is 108 Å². The van der Waals surface area contributed by atoms with Crippen LogP contribution in [0.1, 0.15) is 57.7 Å². The summed E-state index contributed by atoms with van der Waals surface area (Å²) >= 11 is 0. The zero-order valence-corrected chi connectivity index (χ0v) is 38.9. The van der Waals surface area contributed by atoms with E-state index in [-0.39, 0.29) is 33.0 Å². The second-order valence-electron chi connectivity index (χ2n) is 15.5. The summed E-state index contributed by atoms with van der Waals surface area (Å²) in [6.07, 6.45) is -11.8. The van der Waals surface area contributed by atoms with Gasteiger partial charge in [-0.05, 0) is 29.7 Å². The number of carbonyl (C=O) groups is 5. The minimum absolute atomic E-state index is 0.0137. The average Bonchev–Trinajstić information content (AvgIpc) is 3.29. The first-order chi connectivity index (χ1) is 32.1. The first-order valence-corrected chi connectivity index (χ1v) is 23.1. The van der Waals surface area contributed by atoms with Crippen molar-refractivity contribution in [2.75, 3.05) is 26.4 Å². The smallest absolute Gasteiger partial charge is 0.463 e. The van der Waals surface area contributed by atoms with Gasteiger partial charge in [-0.1, -0.05) is 91.0 Å². The molecule has 2 saturated heterocycles. The molecular weight excluding hydrogens is 899 g/mol. The highest BCUT2D eigenvalue weighted by molar-refractivity contribution is 7.48. The largest absolute Gasteiger partial charge is 0.477 e. The zero-order chi connectivity index (χ0) is 48.3. The number of esters is 4. The lowest BCUT2D eigenvalue weighted by Crippen LogP contribution is -2.66. The number of phosphoric ester groups is 1. The molecule has 21 heteroatoms. The van der Waals surface area contributed by atoms with Gasteiger partial charge in [0.1, 0.15) is 37.1 Å². The van der Waals surface area contributed by atoms with E-state index in [0.717, 1.165) is 38.8 Å². The second kappa shape index (κ2) is 26.4. The molecule has 1 amide bonds. The summed E-state index contributed by atoms with van der Waals surface area (Å²) in [5, 5.41) is 2.58. The molecule has 1 unspecified atom stereocenters. The summed E-state index contributed by atoms with van der Waals surface area (Å²) < 4.78 is 87.6. The third-order valence-corrected chi connectivity index (χ3v) is 11.4. The lowest BCUT2D eigenvalue weighted by molar-refractivity contribution is -0.318. The van der Waals surface area contributed by atoms with Gasteiger partial charge < -0.3 is 53.7 Å². The molecule has 0 bridgehead atoms. The Bertz CT molecular complexity index is 2080. The van der Waals surface area contributed by atoms with Crippen molar-refractivity contribution in [1.29, 1.82) is 0 Å². The molecule has 2 fully saturated rings. The highest BCUT2D eigenvalue weighted by atomic mass is 31.2. The number of rotatable bonds is 24. The molecule has 0 spiro atoms. The van der Waals surface area contributed by atoms with Crippen molar-refractivity contribution in [3.63, 3.8) is 0 Å². The fraction of sp³-hybridized carbons (Fsp3) is 0.500. The summed E-state index contributed by atoms with van der Waals surface area (Å²) in [6, 6.07) is 25.5. The van der Waals surface area contributed by atoms with Crippen molar-refractivity contribution < 1.29 is 84.7 Å². The van der Waals surface area contributed by atoms with E-state index in [1.165, 1.54) is 6.92 Å². The van der Waals surface area contributed by atoms with Crippen LogP contribution in [0.3, 0.4) is 0 Å². The van der Waals surface area contributed by atoms with E-state index in [4.69, 9.17) is 61.9 Å². The number of benzene rings is 3. The molecule has 67 heavy (non-hydrogen) atoms. The van der Waals surface area contributed by atoms with E-state index in [1.807, 2.05) is 60.7 Å². The van der Waals surface area contributed by atoms with Gasteiger partial charge in [0, 0.05) is 34.6 Å². The van der Waals surface area contributed by atoms with E-state index in [2.05, 4.69) is 5.32 Å². The van der Waals surface area contributed by atoms with E-state index in [1.54, 1.807) is 30.3 Å². The summed E-state index contributed by atoms with van der Waals surface area (Å²) in [6.45, 7) is 4.55. The van der Waals surface area contributed by atoms with E-state index < -0.39 is 112 Å². The van der Waals surface area contributed by atoms with Crippen LogP contribution in [-0.2, 0) is 105 Å². The maximum absolute atomic E-state index is 15.3. The molecular formula is C46H59N2O18P. The lowest BCUT2D eigenvalue weighted by Gasteiger charge is -2.46. The molecule has 2 aliphatic heterocycles. The first-order valence-electron chi connectivity index (χ1n) is 21.6. The van der Waals surface area contributed by atoms with Crippen LogP contribution in [-0.4, -0.2) is 117 Å². The minimum atomic E-state index is -4.99. The SMILES string of the molecule is CC(=O)N[C@H]1[C@@H](OP(=O)(OCc2ccccc2)OC[C@H]2O[C@H](OCCCN)[C@@H](OC(C)=O)[C@@H](OCc3ccccc3)[C@@H]2OCc2ccccc2)O[C@H](COC(C)=O)[C@@H](OC(C)=O)[C@@H]1OC(C)=O. The molecule has 2 aliphatic rings. The van der Waals surface area contributed by atoms with Gasteiger partial charge in [0.15, 0.2) is 30.9 Å². The molecule has 0 aliphatic carbocycles. The third-order valence-electron chi connectivity index (χ3n) is 10.0. The molecule has 0 aromatic heterocycles. The van der Waals surface area contributed by atoms with Crippen LogP contribution >= 0.6 is 7.82 Å². The van der Waals surface area contributed by atoms with Crippen molar-refractivity contribution in [3.8, 4) is 0 Å². The standard InChI is InChI=1S/C46H59N2O18P/c1-29(49)48-39-42(62-32(4)52)41(61-31(3)51)37(27-56-30(2)50)64-45(39)66-67(54,59-26-36-20-13-8-14-21-36)60-28-38-40(57-24-34-16-9-6-10-17-34)43(58-25-35-18-11-7-12-19-35)44(63-33(5)53)46(65-38)55-23-15-22-47/h6-14,16-21,37-46H,15,22-28,47H2,1-5H3,(H,48,49)/t37-,38-,39-,40-,41-,42-,43+,44+,45-,46+,67?/m1/s1. The van der Waals surface area contributed by atoms with Gasteiger partial charge in [0.25, 0.3) is 0 Å². The maximum Gasteiger partial charge on any atom is 0.477 e. The Kier molecular flexibility index (Phi) is 20.8. The number of carbonyl (C=O) groups excluding carboxylic acids is 5. The number of hydrogen-bond acceptors (Lipinski definition) is 19. The number of nitrogens with one attached hydrogen (secondary N) is 1. The Labute approximate surface area is 388 Å². The van der Waals surface area contributed by atoms with Crippen LogP contribution in [0.15, 0.2) is 91.0 Å². The number of hydrogen-bond donors (Lipinski definition) is 2. The van der Waals surface area contributed by atoms with E-state index >= 15 is 4.57 Å². The van der Waals surface area contributed by atoms with Crippen molar-refractivity contribution >= 4 is 37.6 Å². The quantitative estimate of drug-likeness (QED) is 0.0552. The number of amides is 1. The summed E-state index contributed by atoms with van der Waals surface area (Å²) in [5.41, 5.74) is 7.89. The fourth-order valence-corrected chi connectivity index (χ4v) is 8.44. The van der Waals surface area contributed by atoms with Crippen LogP contribution in [0.25, 0.3) is 0 Å². The van der Waals surface area contributed by atoms with Crippen LogP contribution in [0.5, 0.6) is 0 Å². The second-order valence-corrected chi connectivity index (χ2v) is 17.1. The Hall–Kier alpha value is -5.12. The number of ether oxygens (including phenoxy) is 9. The molecule has 20 nitrogen and oxygen atoms in total. The normalized spacial score (nSPS) is 25.8. The number of phosphoric acid groups is 1. The predicted octanol–water partition coefficient (Wildman–Crippen LogP) is 4.19. The number of nitrogens with two attached hydrogens (primary N) is 1. The predicted molar refractivity (Wildman–Crippen MR) is 234 cm³/mol. The van der Waals surface area contributed by atoms with Gasteiger partial charge in [-0.3, -0.25) is 37.5 Å². The molecule has 0 radical (unpaired) electrons. The lowest BCUT2D eigenvalue weighted by atomic mass is 9.96. The van der Waals surface area contributed by atoms with Gasteiger partial charge >= 0.3 is 31.7 Å². The molecule has 3 aromatic rings. The summed E-state index contributed by atoms with van der Waals surface area (Å²) in [4.78, 5) is 62.4. The van der Waals surface area contributed by atoms with Crippen molar-refractivity contribution in [1.82, 2.24) is 5.32 Å². The van der Waals surface area contributed by atoms with Crippen molar-refractivity contribution in [2.24, 2.45) is 5.73 Å². The Morgan fingerprint density at radius 2 is 1.06 bits per heavy atom. The van der Waals surface area contributed by atoms with Crippen LogP contribution in [0.4, 0.5) is 0 Å². The van der Waals surface area contributed by atoms with Gasteiger partial charge in [-0.15, -0.1) is 0 Å². The Morgan fingerprint density at radius 1 is 0.567 bits per heavy atom. The fourth-order valence-electron chi connectivity index (χ4n) is 7.17. The summed E-state index contributed by atoms with van der Waals surface area (Å²) in [5.74, 6) is -3.77. The molecule has 3 N–H and O–H groups in total. The third kappa shape index (κ3) is 16.9. The topological polar surface area (TPSA) is 251 Å². The monoisotopic (exact) mass is 958 g/mol. The Morgan fingerprint density at radius 3 is 1.58 bits per heavy atom. The molecule has 11 atom stereocenters. The average molecular weight is 959 g/mol. The van der Waals surface area contributed by atoms with Crippen LogP contribution in [0, 0.1) is 0 Å². The maximum atomic E-state index is 15.3. The molecule has 3 aromatic carbocycles. The highest BCUT2D eigenvalue weighted by Crippen LogP contribution is 2.53. The summed E-state index contributed by atoms with van der Waals surface area (Å²) in [7, 11) is -4.99. The first kappa shape index (κ1) is 52.8. The van der Waals surface area contributed by atoms with E-state index in [0.29, 0.717) is 12.0 Å². The Balaban J connectivity index is 1.56. The van der Waals surface area contributed by atoms with Crippen LogP contribution < -0.4 is 11.1 Å². The highest BCUT2D eigenvalue weighted by Gasteiger charge is 2.55. The minimum Gasteiger partial charge on any atom is -0.463 e.